The number of hydrogen-bond donors (Lipinski definition) is 1. The SMILES string of the molecule is CCc1cccc(C)c1-n1c(CNC(=O)C23CC4CC(CC(C4)C2)C3)nnc1SC(C)CC. The number of benzene rings is 1. The van der Waals surface area contributed by atoms with Gasteiger partial charge in [0, 0.05) is 10.7 Å². The van der Waals surface area contributed by atoms with Crippen LogP contribution in [-0.2, 0) is 17.8 Å². The summed E-state index contributed by atoms with van der Waals surface area (Å²) in [5, 5.41) is 13.9. The molecular weight excluding hydrogens is 428 g/mol. The lowest BCUT2D eigenvalue weighted by Gasteiger charge is -2.55. The number of aromatic nitrogens is 3. The van der Waals surface area contributed by atoms with Crippen LogP contribution in [0.15, 0.2) is 23.4 Å². The maximum Gasteiger partial charge on any atom is 0.226 e. The maximum atomic E-state index is 13.6. The molecule has 0 aliphatic heterocycles. The predicted octanol–water partition coefficient (Wildman–Crippen LogP) is 5.86. The summed E-state index contributed by atoms with van der Waals surface area (Å²) in [6.07, 6.45) is 9.34. The minimum absolute atomic E-state index is 0.134. The zero-order chi connectivity index (χ0) is 23.2. The van der Waals surface area contributed by atoms with Crippen LogP contribution >= 0.6 is 11.8 Å². The van der Waals surface area contributed by atoms with Gasteiger partial charge in [0.2, 0.25) is 5.91 Å². The molecule has 4 saturated carbocycles. The van der Waals surface area contributed by atoms with Gasteiger partial charge in [-0.3, -0.25) is 9.36 Å². The molecule has 0 radical (unpaired) electrons. The van der Waals surface area contributed by atoms with Crippen molar-refractivity contribution in [3.63, 3.8) is 0 Å². The molecule has 1 heterocycles. The fourth-order valence-corrected chi connectivity index (χ4v) is 7.96. The van der Waals surface area contributed by atoms with Crippen LogP contribution in [0.2, 0.25) is 0 Å². The first-order chi connectivity index (χ1) is 15.9. The van der Waals surface area contributed by atoms with Crippen molar-refractivity contribution in [2.24, 2.45) is 23.2 Å². The maximum absolute atomic E-state index is 13.6. The number of rotatable bonds is 8. The third kappa shape index (κ3) is 4.24. The van der Waals surface area contributed by atoms with E-state index in [2.05, 4.69) is 66.0 Å². The molecule has 178 valence electrons. The van der Waals surface area contributed by atoms with E-state index in [1.54, 1.807) is 11.8 Å². The van der Waals surface area contributed by atoms with E-state index in [-0.39, 0.29) is 11.3 Å². The number of nitrogens with one attached hydrogen (secondary N) is 1. The van der Waals surface area contributed by atoms with Crippen LogP contribution in [0.25, 0.3) is 5.69 Å². The summed E-state index contributed by atoms with van der Waals surface area (Å²) in [5.74, 6) is 3.39. The number of carbonyl (C=O) groups is 1. The Bertz CT molecular complexity index is 994. The van der Waals surface area contributed by atoms with Crippen LogP contribution in [-0.4, -0.2) is 25.9 Å². The molecule has 33 heavy (non-hydrogen) atoms. The molecule has 4 aliphatic carbocycles. The lowest BCUT2D eigenvalue weighted by atomic mass is 9.49. The monoisotopic (exact) mass is 466 g/mol. The van der Waals surface area contributed by atoms with Crippen LogP contribution in [0, 0.1) is 30.1 Å². The highest BCUT2D eigenvalue weighted by Gasteiger charge is 2.54. The van der Waals surface area contributed by atoms with Gasteiger partial charge in [-0.1, -0.05) is 50.7 Å². The van der Waals surface area contributed by atoms with Gasteiger partial charge in [0.05, 0.1) is 12.2 Å². The van der Waals surface area contributed by atoms with Crippen molar-refractivity contribution < 1.29 is 4.79 Å². The minimum atomic E-state index is -0.134. The average molecular weight is 467 g/mol. The molecule has 5 nitrogen and oxygen atoms in total. The molecule has 0 spiro atoms. The molecule has 1 atom stereocenters. The largest absolute Gasteiger partial charge is 0.348 e. The summed E-state index contributed by atoms with van der Waals surface area (Å²) in [6.45, 7) is 9.22. The Kier molecular flexibility index (Phi) is 6.32. The lowest BCUT2D eigenvalue weighted by Crippen LogP contribution is -2.53. The fraction of sp³-hybridized carbons (Fsp3) is 0.667. The van der Waals surface area contributed by atoms with Crippen molar-refractivity contribution in [1.29, 1.82) is 0 Å². The first-order valence-corrected chi connectivity index (χ1v) is 13.8. The topological polar surface area (TPSA) is 59.8 Å². The summed E-state index contributed by atoms with van der Waals surface area (Å²) >= 11 is 1.77. The molecule has 6 heteroatoms. The smallest absolute Gasteiger partial charge is 0.226 e. The highest BCUT2D eigenvalue weighted by atomic mass is 32.2. The van der Waals surface area contributed by atoms with Crippen molar-refractivity contribution in [3.8, 4) is 5.69 Å². The molecule has 2 aromatic rings. The van der Waals surface area contributed by atoms with E-state index in [0.29, 0.717) is 11.8 Å². The number of carbonyl (C=O) groups excluding carboxylic acids is 1. The van der Waals surface area contributed by atoms with E-state index in [1.807, 2.05) is 0 Å². The van der Waals surface area contributed by atoms with Crippen molar-refractivity contribution >= 4 is 17.7 Å². The van der Waals surface area contributed by atoms with Crippen molar-refractivity contribution in [3.05, 3.63) is 35.2 Å². The van der Waals surface area contributed by atoms with Crippen LogP contribution in [0.4, 0.5) is 0 Å². The van der Waals surface area contributed by atoms with Crippen molar-refractivity contribution in [1.82, 2.24) is 20.1 Å². The molecule has 1 N–H and O–H groups in total. The number of nitrogens with zero attached hydrogens (tertiary/aromatic N) is 3. The number of thioether (sulfide) groups is 1. The van der Waals surface area contributed by atoms with Gasteiger partial charge in [-0.15, -0.1) is 10.2 Å². The van der Waals surface area contributed by atoms with Crippen LogP contribution < -0.4 is 5.32 Å². The first-order valence-electron chi connectivity index (χ1n) is 12.9. The van der Waals surface area contributed by atoms with E-state index in [1.165, 1.54) is 36.1 Å². The van der Waals surface area contributed by atoms with E-state index in [0.717, 1.165) is 60.8 Å². The van der Waals surface area contributed by atoms with Gasteiger partial charge in [0.15, 0.2) is 11.0 Å². The van der Waals surface area contributed by atoms with Gasteiger partial charge < -0.3 is 5.32 Å². The molecule has 6 rings (SSSR count). The number of aryl methyl sites for hydroxylation is 2. The zero-order valence-corrected chi connectivity index (χ0v) is 21.4. The second-order valence-corrected chi connectivity index (χ2v) is 12.3. The van der Waals surface area contributed by atoms with E-state index in [9.17, 15) is 4.79 Å². The van der Waals surface area contributed by atoms with Gasteiger partial charge in [0.25, 0.3) is 0 Å². The Labute approximate surface area is 202 Å². The Morgan fingerprint density at radius 2 is 1.82 bits per heavy atom. The fourth-order valence-electron chi connectivity index (χ4n) is 7.04. The molecule has 0 saturated heterocycles. The highest BCUT2D eigenvalue weighted by molar-refractivity contribution is 7.99. The molecule has 1 amide bonds. The highest BCUT2D eigenvalue weighted by Crippen LogP contribution is 2.60. The van der Waals surface area contributed by atoms with E-state index >= 15 is 0 Å². The number of amides is 1. The van der Waals surface area contributed by atoms with Crippen LogP contribution in [0.3, 0.4) is 0 Å². The lowest BCUT2D eigenvalue weighted by molar-refractivity contribution is -0.146. The summed E-state index contributed by atoms with van der Waals surface area (Å²) in [4.78, 5) is 13.6. The summed E-state index contributed by atoms with van der Waals surface area (Å²) in [5.41, 5.74) is 3.55. The normalized spacial score (nSPS) is 28.8. The second kappa shape index (κ2) is 9.09. The molecule has 1 aromatic carbocycles. The predicted molar refractivity (Wildman–Crippen MR) is 134 cm³/mol. The average Bonchev–Trinajstić information content (AvgIpc) is 3.17. The van der Waals surface area contributed by atoms with Gasteiger partial charge in [-0.05, 0) is 87.2 Å². The van der Waals surface area contributed by atoms with Gasteiger partial charge >= 0.3 is 0 Å². The van der Waals surface area contributed by atoms with Gasteiger partial charge in [-0.2, -0.15) is 0 Å². The molecule has 4 bridgehead atoms. The third-order valence-corrected chi connectivity index (χ3v) is 9.65. The molecule has 1 unspecified atom stereocenters. The quantitative estimate of drug-likeness (QED) is 0.495. The molecule has 4 fully saturated rings. The van der Waals surface area contributed by atoms with Gasteiger partial charge in [-0.25, -0.2) is 0 Å². The van der Waals surface area contributed by atoms with Crippen LogP contribution in [0.1, 0.15) is 82.7 Å². The number of para-hydroxylation sites is 1. The zero-order valence-electron chi connectivity index (χ0n) is 20.6. The number of hydrogen-bond acceptors (Lipinski definition) is 4. The second-order valence-electron chi connectivity index (χ2n) is 10.9. The van der Waals surface area contributed by atoms with Gasteiger partial charge in [0.1, 0.15) is 0 Å². The summed E-state index contributed by atoms with van der Waals surface area (Å²) in [6, 6.07) is 6.47. The van der Waals surface area contributed by atoms with E-state index in [4.69, 9.17) is 0 Å². The summed E-state index contributed by atoms with van der Waals surface area (Å²) < 4.78 is 2.21. The molecule has 1 aromatic heterocycles. The standard InChI is InChI=1S/C27H38N4OS/c1-5-18(4)33-26-30-29-23(31(26)24-17(3)8-7-9-22(24)6-2)16-28-25(32)27-13-19-10-20(14-27)12-21(11-19)15-27/h7-9,18-21H,5-6,10-16H2,1-4H3,(H,28,32). The Morgan fingerprint density at radius 1 is 1.15 bits per heavy atom. The van der Waals surface area contributed by atoms with Crippen LogP contribution in [0.5, 0.6) is 0 Å². The Hall–Kier alpha value is -1.82. The summed E-state index contributed by atoms with van der Waals surface area (Å²) in [7, 11) is 0. The first kappa shape index (κ1) is 22.9. The molecular formula is C27H38N4OS. The Morgan fingerprint density at radius 3 is 2.42 bits per heavy atom. The molecule has 4 aliphatic rings. The Balaban J connectivity index is 1.42. The van der Waals surface area contributed by atoms with Crippen molar-refractivity contribution in [2.75, 3.05) is 0 Å². The minimum Gasteiger partial charge on any atom is -0.348 e. The third-order valence-electron chi connectivity index (χ3n) is 8.43. The van der Waals surface area contributed by atoms with E-state index < -0.39 is 0 Å². The van der Waals surface area contributed by atoms with Crippen molar-refractivity contribution in [2.45, 2.75) is 96.0 Å².